The summed E-state index contributed by atoms with van der Waals surface area (Å²) in [6.45, 7) is 14.2. The number of anilines is 3. The molecule has 0 aliphatic rings. The van der Waals surface area contributed by atoms with Gasteiger partial charge in [-0.1, -0.05) is 19.1 Å². The molecule has 5 N–H and O–H groups in total. The molecule has 0 radical (unpaired) electrons. The molecule has 37 heavy (non-hydrogen) atoms. The highest BCUT2D eigenvalue weighted by atomic mass is 16.3. The average Bonchev–Trinajstić information content (AvgIpc) is 2.85. The lowest BCUT2D eigenvalue weighted by molar-refractivity contribution is -0.118. The number of aliphatic hydroxyl groups is 1. The smallest absolute Gasteiger partial charge is 0.217 e. The topological polar surface area (TPSA) is 106 Å². The molecule has 8 nitrogen and oxygen atoms in total. The maximum absolute atomic E-state index is 11.3. The zero-order chi connectivity index (χ0) is 27.0. The lowest BCUT2D eigenvalue weighted by Crippen LogP contribution is -2.28. The number of benzene rings is 2. The summed E-state index contributed by atoms with van der Waals surface area (Å²) in [5, 5.41) is 15.9. The van der Waals surface area contributed by atoms with E-state index < -0.39 is 0 Å². The molecule has 204 valence electrons. The monoisotopic (exact) mass is 510 g/mol. The maximum atomic E-state index is 11.3. The number of hydrogen-bond donors (Lipinski definition) is 4. The first-order valence-electron chi connectivity index (χ1n) is 13.4. The zero-order valence-corrected chi connectivity index (χ0v) is 23.1. The van der Waals surface area contributed by atoms with Crippen molar-refractivity contribution in [3.05, 3.63) is 53.1 Å². The van der Waals surface area contributed by atoms with E-state index in [1.807, 2.05) is 0 Å². The summed E-state index contributed by atoms with van der Waals surface area (Å²) in [7, 11) is 0. The predicted molar refractivity (Wildman–Crippen MR) is 157 cm³/mol. The van der Waals surface area contributed by atoms with Crippen LogP contribution in [0.1, 0.15) is 49.8 Å². The van der Waals surface area contributed by atoms with E-state index in [2.05, 4.69) is 89.5 Å². The molecule has 0 bridgehead atoms. The molecule has 0 aliphatic carbocycles. The lowest BCUT2D eigenvalue weighted by Gasteiger charge is -2.26. The fraction of sp³-hybridized carbons (Fsp3) is 0.517. The molecule has 2 aromatic carbocycles. The number of carbonyl (C=O) groups excluding carboxylic acids is 1. The third-order valence-corrected chi connectivity index (χ3v) is 6.18. The van der Waals surface area contributed by atoms with Gasteiger partial charge in [0.2, 0.25) is 5.91 Å². The van der Waals surface area contributed by atoms with Crippen LogP contribution in [0.15, 0.2) is 41.4 Å². The third-order valence-electron chi connectivity index (χ3n) is 6.18. The van der Waals surface area contributed by atoms with Gasteiger partial charge in [0.1, 0.15) is 0 Å². The summed E-state index contributed by atoms with van der Waals surface area (Å²) in [6.07, 6.45) is 3.82. The van der Waals surface area contributed by atoms with Crippen molar-refractivity contribution in [3.8, 4) is 0 Å². The van der Waals surface area contributed by atoms with Gasteiger partial charge in [0.25, 0.3) is 0 Å². The standard InChI is InChI=1S/C29H46N6O2/c1-5-32-28-20-25(10-11-27(28)33-22-31-12-8-13-34(6-2)15-16-36)21-35(14-7-9-29(30)37)26-18-23(3)17-24(4)19-26/h10-11,17-20,22,32,36H,5-9,12-16,21H2,1-4H3,(H2,30,37)(H,31,33). The Morgan fingerprint density at radius 2 is 1.78 bits per heavy atom. The summed E-state index contributed by atoms with van der Waals surface area (Å²) in [5.74, 6) is -0.264. The molecule has 1 amide bonds. The van der Waals surface area contributed by atoms with Crippen molar-refractivity contribution in [2.75, 3.05) is 61.4 Å². The van der Waals surface area contributed by atoms with Crippen LogP contribution in [0.4, 0.5) is 17.1 Å². The minimum Gasteiger partial charge on any atom is -0.395 e. The molecular formula is C29H46N6O2. The minimum atomic E-state index is -0.264. The number of aliphatic imine (C=N–C) groups is 1. The van der Waals surface area contributed by atoms with Crippen LogP contribution in [0.3, 0.4) is 0 Å². The molecule has 0 aliphatic heterocycles. The SMILES string of the molecule is CCNc1cc(CN(CCCC(N)=O)c2cc(C)cc(C)c2)ccc1NC=NCCCN(CC)CCO. The Morgan fingerprint density at radius 3 is 2.43 bits per heavy atom. The maximum Gasteiger partial charge on any atom is 0.217 e. The van der Waals surface area contributed by atoms with Gasteiger partial charge < -0.3 is 31.3 Å². The second kappa shape index (κ2) is 16.6. The highest BCUT2D eigenvalue weighted by Gasteiger charge is 2.11. The summed E-state index contributed by atoms with van der Waals surface area (Å²) >= 11 is 0. The molecule has 0 heterocycles. The van der Waals surface area contributed by atoms with Crippen LogP contribution >= 0.6 is 0 Å². The number of amides is 1. The Hall–Kier alpha value is -3.10. The number of nitrogens with one attached hydrogen (secondary N) is 2. The van der Waals surface area contributed by atoms with Gasteiger partial charge in [-0.2, -0.15) is 0 Å². The van der Waals surface area contributed by atoms with E-state index in [9.17, 15) is 4.79 Å². The number of aryl methyl sites for hydroxylation is 2. The molecule has 0 aromatic heterocycles. The normalized spacial score (nSPS) is 11.3. The minimum absolute atomic E-state index is 0.192. The molecule has 8 heteroatoms. The number of primary amides is 1. The summed E-state index contributed by atoms with van der Waals surface area (Å²) < 4.78 is 0. The van der Waals surface area contributed by atoms with Crippen LogP contribution in [-0.2, 0) is 11.3 Å². The van der Waals surface area contributed by atoms with Crippen LogP contribution in [-0.4, -0.2) is 68.1 Å². The van der Waals surface area contributed by atoms with Crippen molar-refractivity contribution in [3.63, 3.8) is 0 Å². The van der Waals surface area contributed by atoms with Crippen LogP contribution in [0.25, 0.3) is 0 Å². The quantitative estimate of drug-likeness (QED) is 0.136. The lowest BCUT2D eigenvalue weighted by atomic mass is 10.1. The number of aliphatic hydroxyl groups excluding tert-OH is 1. The van der Waals surface area contributed by atoms with Crippen molar-refractivity contribution in [1.29, 1.82) is 0 Å². The third kappa shape index (κ3) is 11.2. The predicted octanol–water partition coefficient (Wildman–Crippen LogP) is 4.15. The molecular weight excluding hydrogens is 464 g/mol. The van der Waals surface area contributed by atoms with E-state index in [0.29, 0.717) is 19.4 Å². The molecule has 0 saturated carbocycles. The molecule has 2 aromatic rings. The number of rotatable bonds is 18. The Morgan fingerprint density at radius 1 is 1.03 bits per heavy atom. The number of hydrogen-bond acceptors (Lipinski definition) is 6. The van der Waals surface area contributed by atoms with E-state index in [4.69, 9.17) is 10.8 Å². The second-order valence-corrected chi connectivity index (χ2v) is 9.44. The van der Waals surface area contributed by atoms with Gasteiger partial charge in [0.15, 0.2) is 0 Å². The van der Waals surface area contributed by atoms with Gasteiger partial charge >= 0.3 is 0 Å². The van der Waals surface area contributed by atoms with E-state index >= 15 is 0 Å². The van der Waals surface area contributed by atoms with Crippen molar-refractivity contribution in [2.45, 2.75) is 53.5 Å². The zero-order valence-electron chi connectivity index (χ0n) is 23.1. The van der Waals surface area contributed by atoms with Crippen LogP contribution < -0.4 is 21.3 Å². The molecule has 0 spiro atoms. The van der Waals surface area contributed by atoms with Gasteiger partial charge in [-0.15, -0.1) is 0 Å². The van der Waals surface area contributed by atoms with Gasteiger partial charge in [-0.3, -0.25) is 9.79 Å². The largest absolute Gasteiger partial charge is 0.395 e. The Balaban J connectivity index is 2.08. The van der Waals surface area contributed by atoms with E-state index in [0.717, 1.165) is 62.8 Å². The molecule has 2 rings (SSSR count). The molecule has 0 fully saturated rings. The average molecular weight is 511 g/mol. The Kier molecular flexibility index (Phi) is 13.5. The fourth-order valence-corrected chi connectivity index (χ4v) is 4.38. The highest BCUT2D eigenvalue weighted by Crippen LogP contribution is 2.26. The highest BCUT2D eigenvalue weighted by molar-refractivity contribution is 5.83. The van der Waals surface area contributed by atoms with Gasteiger partial charge in [-0.05, 0) is 87.7 Å². The number of likely N-dealkylation sites (N-methyl/N-ethyl adjacent to an activating group) is 1. The van der Waals surface area contributed by atoms with Crippen molar-refractivity contribution in [2.24, 2.45) is 10.7 Å². The number of nitrogens with two attached hydrogens (primary N) is 1. The van der Waals surface area contributed by atoms with Gasteiger partial charge in [-0.25, -0.2) is 0 Å². The summed E-state index contributed by atoms with van der Waals surface area (Å²) in [4.78, 5) is 20.4. The van der Waals surface area contributed by atoms with Gasteiger partial charge in [0, 0.05) is 44.8 Å². The molecule has 0 unspecified atom stereocenters. The molecule has 0 saturated heterocycles. The first-order valence-corrected chi connectivity index (χ1v) is 13.4. The van der Waals surface area contributed by atoms with Crippen LogP contribution in [0, 0.1) is 13.8 Å². The van der Waals surface area contributed by atoms with Crippen molar-refractivity contribution >= 4 is 29.3 Å². The first-order chi connectivity index (χ1) is 17.9. The number of nitrogens with zero attached hydrogens (tertiary/aromatic N) is 3. The summed E-state index contributed by atoms with van der Waals surface area (Å²) in [6, 6.07) is 13.0. The molecule has 0 atom stereocenters. The van der Waals surface area contributed by atoms with Crippen LogP contribution in [0.2, 0.25) is 0 Å². The fourth-order valence-electron chi connectivity index (χ4n) is 4.38. The van der Waals surface area contributed by atoms with Crippen LogP contribution in [0.5, 0.6) is 0 Å². The second-order valence-electron chi connectivity index (χ2n) is 9.44. The van der Waals surface area contributed by atoms with Gasteiger partial charge in [0.05, 0.1) is 24.3 Å². The number of carbonyl (C=O) groups is 1. The van der Waals surface area contributed by atoms with E-state index in [-0.39, 0.29) is 12.5 Å². The van der Waals surface area contributed by atoms with Crippen molar-refractivity contribution < 1.29 is 9.90 Å². The Bertz CT molecular complexity index is 974. The Labute approximate surface area is 223 Å². The van der Waals surface area contributed by atoms with E-state index in [1.54, 1.807) is 6.34 Å². The summed E-state index contributed by atoms with van der Waals surface area (Å²) in [5.41, 5.74) is 12.2. The first kappa shape index (κ1) is 30.1. The van der Waals surface area contributed by atoms with Crippen molar-refractivity contribution in [1.82, 2.24) is 4.90 Å². The van der Waals surface area contributed by atoms with E-state index in [1.165, 1.54) is 16.7 Å².